The first-order valence-corrected chi connectivity index (χ1v) is 3.52. The molecule has 0 fully saturated rings. The Balaban J connectivity index is 2.96. The Kier molecular flexibility index (Phi) is 2.99. The molecular formula is C8H10FNO2. The van der Waals surface area contributed by atoms with Gasteiger partial charge in [-0.2, -0.15) is 0 Å². The summed E-state index contributed by atoms with van der Waals surface area (Å²) in [6.45, 7) is -0.831. The Morgan fingerprint density at radius 2 is 2.50 bits per heavy atom. The first-order chi connectivity index (χ1) is 5.79. The van der Waals surface area contributed by atoms with Crippen molar-refractivity contribution < 1.29 is 14.2 Å². The number of aromatic nitrogens is 1. The van der Waals surface area contributed by atoms with Gasteiger partial charge in [0.15, 0.2) is 0 Å². The van der Waals surface area contributed by atoms with E-state index < -0.39 is 12.8 Å². The normalized spacial score (nSPS) is 12.6. The van der Waals surface area contributed by atoms with Gasteiger partial charge in [0.2, 0.25) is 5.88 Å². The van der Waals surface area contributed by atoms with E-state index in [1.807, 2.05) is 0 Å². The number of alkyl halides is 1. The van der Waals surface area contributed by atoms with E-state index in [2.05, 4.69) is 4.98 Å². The molecule has 0 aliphatic heterocycles. The van der Waals surface area contributed by atoms with E-state index in [0.717, 1.165) is 0 Å². The third-order valence-electron chi connectivity index (χ3n) is 1.50. The number of halogens is 1. The maximum Gasteiger partial charge on any atom is 0.218 e. The van der Waals surface area contributed by atoms with Gasteiger partial charge in [-0.1, -0.05) is 0 Å². The number of ether oxygens (including phenoxy) is 1. The van der Waals surface area contributed by atoms with Crippen LogP contribution in [0, 0.1) is 0 Å². The van der Waals surface area contributed by atoms with Gasteiger partial charge in [-0.25, -0.2) is 9.37 Å². The Morgan fingerprint density at radius 3 is 3.08 bits per heavy atom. The van der Waals surface area contributed by atoms with Gasteiger partial charge in [0.25, 0.3) is 0 Å². The largest absolute Gasteiger partial charge is 0.481 e. The minimum Gasteiger partial charge on any atom is -0.481 e. The molecule has 0 saturated carbocycles. The minimum atomic E-state index is -1.14. The van der Waals surface area contributed by atoms with Gasteiger partial charge in [0.05, 0.1) is 7.11 Å². The molecule has 0 aromatic carbocycles. The molecule has 0 radical (unpaired) electrons. The summed E-state index contributed by atoms with van der Waals surface area (Å²) < 4.78 is 16.9. The topological polar surface area (TPSA) is 42.4 Å². The average molecular weight is 171 g/mol. The first kappa shape index (κ1) is 8.93. The molecule has 3 nitrogen and oxygen atoms in total. The van der Waals surface area contributed by atoms with Crippen molar-refractivity contribution in [3.8, 4) is 5.88 Å². The lowest BCUT2D eigenvalue weighted by Crippen LogP contribution is -2.03. The van der Waals surface area contributed by atoms with Crippen LogP contribution in [0.3, 0.4) is 0 Å². The van der Waals surface area contributed by atoms with Gasteiger partial charge in [-0.05, 0) is 12.1 Å². The summed E-state index contributed by atoms with van der Waals surface area (Å²) in [6.07, 6.45) is 0.376. The average Bonchev–Trinajstić information content (AvgIpc) is 2.16. The number of nitrogens with zero attached hydrogens (tertiary/aromatic N) is 1. The Hall–Kier alpha value is -1.16. The molecule has 1 aromatic rings. The Morgan fingerprint density at radius 1 is 1.75 bits per heavy atom. The molecule has 0 aliphatic rings. The smallest absolute Gasteiger partial charge is 0.218 e. The molecular weight excluding hydrogens is 161 g/mol. The SMILES string of the molecule is COc1ncccc1C(O)CF. The second kappa shape index (κ2) is 4.01. The van der Waals surface area contributed by atoms with E-state index in [1.54, 1.807) is 12.1 Å². The standard InChI is InChI=1S/C8H10FNO2/c1-12-8-6(7(11)5-9)3-2-4-10-8/h2-4,7,11H,5H2,1H3. The van der Waals surface area contributed by atoms with E-state index in [0.29, 0.717) is 5.56 Å². The van der Waals surface area contributed by atoms with Crippen molar-refractivity contribution in [2.45, 2.75) is 6.10 Å². The minimum absolute atomic E-state index is 0.266. The lowest BCUT2D eigenvalue weighted by atomic mass is 10.2. The predicted octanol–water partition coefficient (Wildman–Crippen LogP) is 1.09. The Bertz CT molecular complexity index is 255. The quantitative estimate of drug-likeness (QED) is 0.740. The number of hydrogen-bond donors (Lipinski definition) is 1. The molecule has 4 heteroatoms. The van der Waals surface area contributed by atoms with E-state index >= 15 is 0 Å². The van der Waals surface area contributed by atoms with Crippen LogP contribution in [0.15, 0.2) is 18.3 Å². The van der Waals surface area contributed by atoms with E-state index in [9.17, 15) is 4.39 Å². The highest BCUT2D eigenvalue weighted by molar-refractivity contribution is 5.27. The predicted molar refractivity (Wildman–Crippen MR) is 41.7 cm³/mol. The van der Waals surface area contributed by atoms with Crippen molar-refractivity contribution in [1.82, 2.24) is 4.98 Å². The monoisotopic (exact) mass is 171 g/mol. The first-order valence-electron chi connectivity index (χ1n) is 3.52. The van der Waals surface area contributed by atoms with Crippen LogP contribution in [0.25, 0.3) is 0 Å². The fourth-order valence-corrected chi connectivity index (χ4v) is 0.911. The number of aliphatic hydroxyl groups is 1. The zero-order valence-corrected chi connectivity index (χ0v) is 6.70. The lowest BCUT2D eigenvalue weighted by molar-refractivity contribution is 0.137. The zero-order valence-electron chi connectivity index (χ0n) is 6.70. The number of aliphatic hydroxyl groups excluding tert-OH is 1. The molecule has 1 rings (SSSR count). The molecule has 1 unspecified atom stereocenters. The maximum atomic E-state index is 12.1. The van der Waals surface area contributed by atoms with Crippen LogP contribution in [0.2, 0.25) is 0 Å². The lowest BCUT2D eigenvalue weighted by Gasteiger charge is -2.09. The molecule has 1 aromatic heterocycles. The van der Waals surface area contributed by atoms with Gasteiger partial charge >= 0.3 is 0 Å². The third kappa shape index (κ3) is 1.71. The van der Waals surface area contributed by atoms with Gasteiger partial charge < -0.3 is 9.84 Å². The van der Waals surface area contributed by atoms with Gasteiger partial charge in [0, 0.05) is 11.8 Å². The number of rotatable bonds is 3. The van der Waals surface area contributed by atoms with Crippen molar-refractivity contribution >= 4 is 0 Å². The van der Waals surface area contributed by atoms with E-state index in [1.165, 1.54) is 13.3 Å². The van der Waals surface area contributed by atoms with Gasteiger partial charge in [-0.3, -0.25) is 0 Å². The number of hydrogen-bond acceptors (Lipinski definition) is 3. The third-order valence-corrected chi connectivity index (χ3v) is 1.50. The summed E-state index contributed by atoms with van der Waals surface area (Å²) in [5, 5.41) is 9.15. The van der Waals surface area contributed by atoms with Gasteiger partial charge in [-0.15, -0.1) is 0 Å². The maximum absolute atomic E-state index is 12.1. The Labute approximate surface area is 69.8 Å². The summed E-state index contributed by atoms with van der Waals surface area (Å²) in [5.74, 6) is 0.266. The van der Waals surface area contributed by atoms with E-state index in [-0.39, 0.29) is 5.88 Å². The van der Waals surface area contributed by atoms with Crippen LogP contribution in [-0.2, 0) is 0 Å². The zero-order chi connectivity index (χ0) is 8.97. The van der Waals surface area contributed by atoms with Crippen LogP contribution in [0.1, 0.15) is 11.7 Å². The molecule has 0 saturated heterocycles. The molecule has 12 heavy (non-hydrogen) atoms. The molecule has 0 spiro atoms. The van der Waals surface area contributed by atoms with Crippen molar-refractivity contribution in [2.75, 3.05) is 13.8 Å². The second-order valence-corrected chi connectivity index (χ2v) is 2.27. The highest BCUT2D eigenvalue weighted by Crippen LogP contribution is 2.21. The summed E-state index contributed by atoms with van der Waals surface area (Å²) in [5.41, 5.74) is 0.377. The van der Waals surface area contributed by atoms with Crippen LogP contribution >= 0.6 is 0 Å². The van der Waals surface area contributed by atoms with Crippen molar-refractivity contribution in [3.63, 3.8) is 0 Å². The van der Waals surface area contributed by atoms with Gasteiger partial charge in [0.1, 0.15) is 12.8 Å². The van der Waals surface area contributed by atoms with Crippen molar-refractivity contribution in [3.05, 3.63) is 23.9 Å². The highest BCUT2D eigenvalue weighted by atomic mass is 19.1. The summed E-state index contributed by atoms with van der Waals surface area (Å²) in [7, 11) is 1.43. The van der Waals surface area contributed by atoms with Crippen molar-refractivity contribution in [2.24, 2.45) is 0 Å². The molecule has 0 aliphatic carbocycles. The molecule has 1 N–H and O–H groups in total. The highest BCUT2D eigenvalue weighted by Gasteiger charge is 2.12. The van der Waals surface area contributed by atoms with Crippen molar-refractivity contribution in [1.29, 1.82) is 0 Å². The van der Waals surface area contributed by atoms with Crippen LogP contribution in [-0.4, -0.2) is 23.9 Å². The molecule has 1 heterocycles. The van der Waals surface area contributed by atoms with E-state index in [4.69, 9.17) is 9.84 Å². The fourth-order valence-electron chi connectivity index (χ4n) is 0.911. The fraction of sp³-hybridized carbons (Fsp3) is 0.375. The second-order valence-electron chi connectivity index (χ2n) is 2.27. The summed E-state index contributed by atoms with van der Waals surface area (Å²) >= 11 is 0. The van der Waals surface area contributed by atoms with Crippen LogP contribution in [0.4, 0.5) is 4.39 Å². The van der Waals surface area contributed by atoms with Crippen LogP contribution < -0.4 is 4.74 Å². The number of pyridine rings is 1. The molecule has 0 amide bonds. The summed E-state index contributed by atoms with van der Waals surface area (Å²) in [6, 6.07) is 3.20. The summed E-state index contributed by atoms with van der Waals surface area (Å²) in [4.78, 5) is 3.82. The number of methoxy groups -OCH3 is 1. The molecule has 0 bridgehead atoms. The molecule has 1 atom stereocenters. The molecule has 66 valence electrons. The van der Waals surface area contributed by atoms with Crippen LogP contribution in [0.5, 0.6) is 5.88 Å².